The van der Waals surface area contributed by atoms with Crippen LogP contribution in [0.1, 0.15) is 71.6 Å². The third-order valence-corrected chi connectivity index (χ3v) is 3.82. The fourth-order valence-electron chi connectivity index (χ4n) is 2.60. The number of carbonyl (C=O) groups excluding carboxylic acids is 1. The second-order valence-corrected chi connectivity index (χ2v) is 5.89. The Morgan fingerprint density at radius 2 is 1.64 bits per heavy atom. The lowest BCUT2D eigenvalue weighted by atomic mass is 10.0. The van der Waals surface area contributed by atoms with Gasteiger partial charge in [0.25, 0.3) is 0 Å². The number of unbranched alkanes of at least 4 members (excludes halogenated alkanes) is 5. The predicted octanol–water partition coefficient (Wildman–Crippen LogP) is 5.69. The molecule has 1 N–H and O–H groups in total. The molecule has 0 bridgehead atoms. The molecule has 0 saturated heterocycles. The van der Waals surface area contributed by atoms with Crippen LogP contribution in [0, 0.1) is 0 Å². The van der Waals surface area contributed by atoms with Gasteiger partial charge in [0.15, 0.2) is 0 Å². The van der Waals surface area contributed by atoms with E-state index in [0.717, 1.165) is 19.3 Å². The number of hydrogen-bond donors (Lipinski definition) is 1. The zero-order valence-corrected chi connectivity index (χ0v) is 14.1. The molecule has 3 heteroatoms. The summed E-state index contributed by atoms with van der Waals surface area (Å²) in [5, 5.41) is 3.01. The first-order chi connectivity index (χ1) is 10.8. The molecule has 1 rings (SSSR count). The normalized spacial score (nSPS) is 11.9. The van der Waals surface area contributed by atoms with Crippen LogP contribution in [0.4, 0.5) is 4.79 Å². The topological polar surface area (TPSA) is 38.3 Å². The summed E-state index contributed by atoms with van der Waals surface area (Å²) in [5.41, 5.74) is 0. The van der Waals surface area contributed by atoms with Crippen molar-refractivity contribution >= 4 is 6.09 Å². The largest absolute Gasteiger partial charge is 0.412 e. The molecule has 1 unspecified atom stereocenters. The quantitative estimate of drug-likeness (QED) is 0.533. The number of benzene rings is 1. The second-order valence-electron chi connectivity index (χ2n) is 5.89. The molecule has 1 amide bonds. The Morgan fingerprint density at radius 3 is 2.32 bits per heavy atom. The standard InChI is InChI=1S/C19H31NO2/c1-3-5-6-7-8-10-14-17(13-4-2)20-19(21)22-18-15-11-9-12-16-18/h9,11-12,15-17H,3-8,10,13-14H2,1-2H3,(H,20,21). The zero-order valence-electron chi connectivity index (χ0n) is 14.1. The molecule has 0 aliphatic heterocycles. The molecule has 0 heterocycles. The number of nitrogens with one attached hydrogen (secondary N) is 1. The van der Waals surface area contributed by atoms with Crippen LogP contribution < -0.4 is 10.1 Å². The van der Waals surface area contributed by atoms with Crippen LogP contribution in [0.2, 0.25) is 0 Å². The maximum atomic E-state index is 11.9. The van der Waals surface area contributed by atoms with Crippen molar-refractivity contribution in [3.63, 3.8) is 0 Å². The van der Waals surface area contributed by atoms with Gasteiger partial charge in [0.2, 0.25) is 0 Å². The van der Waals surface area contributed by atoms with Crippen molar-refractivity contribution in [1.29, 1.82) is 0 Å². The highest BCUT2D eigenvalue weighted by molar-refractivity contribution is 5.70. The van der Waals surface area contributed by atoms with Gasteiger partial charge in [-0.05, 0) is 25.0 Å². The smallest absolute Gasteiger partial charge is 0.410 e. The van der Waals surface area contributed by atoms with Gasteiger partial charge in [-0.3, -0.25) is 0 Å². The van der Waals surface area contributed by atoms with Crippen LogP contribution in [-0.4, -0.2) is 12.1 Å². The second kappa shape index (κ2) is 12.1. The number of amides is 1. The van der Waals surface area contributed by atoms with Gasteiger partial charge in [0, 0.05) is 6.04 Å². The minimum absolute atomic E-state index is 0.229. The minimum atomic E-state index is -0.337. The van der Waals surface area contributed by atoms with E-state index in [2.05, 4.69) is 19.2 Å². The Kier molecular flexibility index (Phi) is 10.2. The molecule has 1 atom stereocenters. The molecule has 3 nitrogen and oxygen atoms in total. The fourth-order valence-corrected chi connectivity index (χ4v) is 2.60. The summed E-state index contributed by atoms with van der Waals surface area (Å²) in [5.74, 6) is 0.592. The predicted molar refractivity (Wildman–Crippen MR) is 92.3 cm³/mol. The first-order valence-electron chi connectivity index (χ1n) is 8.79. The highest BCUT2D eigenvalue weighted by Gasteiger charge is 2.12. The van der Waals surface area contributed by atoms with E-state index in [1.54, 1.807) is 12.1 Å². The van der Waals surface area contributed by atoms with E-state index in [-0.39, 0.29) is 12.1 Å². The maximum Gasteiger partial charge on any atom is 0.412 e. The van der Waals surface area contributed by atoms with Gasteiger partial charge >= 0.3 is 6.09 Å². The molecular formula is C19H31NO2. The fraction of sp³-hybridized carbons (Fsp3) is 0.632. The third kappa shape index (κ3) is 8.71. The van der Waals surface area contributed by atoms with Crippen molar-refractivity contribution in [2.75, 3.05) is 0 Å². The molecule has 0 aliphatic rings. The Balaban J connectivity index is 2.25. The molecule has 0 aliphatic carbocycles. The van der Waals surface area contributed by atoms with Crippen LogP contribution in [-0.2, 0) is 0 Å². The van der Waals surface area contributed by atoms with Crippen LogP contribution in [0.5, 0.6) is 5.75 Å². The van der Waals surface area contributed by atoms with Crippen LogP contribution >= 0.6 is 0 Å². The molecular weight excluding hydrogens is 274 g/mol. The lowest BCUT2D eigenvalue weighted by Crippen LogP contribution is -2.36. The summed E-state index contributed by atoms with van der Waals surface area (Å²) in [6.45, 7) is 4.39. The minimum Gasteiger partial charge on any atom is -0.410 e. The zero-order chi connectivity index (χ0) is 16.0. The van der Waals surface area contributed by atoms with Gasteiger partial charge in [-0.15, -0.1) is 0 Å². The van der Waals surface area contributed by atoms with Gasteiger partial charge in [0.05, 0.1) is 0 Å². The van der Waals surface area contributed by atoms with Gasteiger partial charge in [-0.1, -0.05) is 77.0 Å². The number of ether oxygens (including phenoxy) is 1. The van der Waals surface area contributed by atoms with Crippen molar-refractivity contribution in [3.05, 3.63) is 30.3 Å². The molecule has 0 saturated carbocycles. The summed E-state index contributed by atoms with van der Waals surface area (Å²) in [6, 6.07) is 9.45. The van der Waals surface area contributed by atoms with Crippen molar-refractivity contribution in [3.8, 4) is 5.75 Å². The summed E-state index contributed by atoms with van der Waals surface area (Å²) in [6.07, 6.45) is 10.5. The number of hydrogen-bond acceptors (Lipinski definition) is 2. The van der Waals surface area contributed by atoms with E-state index in [9.17, 15) is 4.79 Å². The SMILES string of the molecule is CCCCCCCCC(CCC)NC(=O)Oc1ccccc1. The molecule has 0 aromatic heterocycles. The Morgan fingerprint density at radius 1 is 0.955 bits per heavy atom. The van der Waals surface area contributed by atoms with Crippen molar-refractivity contribution in [2.24, 2.45) is 0 Å². The lowest BCUT2D eigenvalue weighted by molar-refractivity contribution is 0.194. The summed E-state index contributed by atoms with van der Waals surface area (Å²) in [7, 11) is 0. The van der Waals surface area contributed by atoms with Crippen LogP contribution in [0.25, 0.3) is 0 Å². The molecule has 22 heavy (non-hydrogen) atoms. The van der Waals surface area contributed by atoms with E-state index >= 15 is 0 Å². The van der Waals surface area contributed by atoms with Crippen LogP contribution in [0.3, 0.4) is 0 Å². The van der Waals surface area contributed by atoms with Gasteiger partial charge in [-0.25, -0.2) is 4.79 Å². The Hall–Kier alpha value is -1.51. The monoisotopic (exact) mass is 305 g/mol. The first kappa shape index (κ1) is 18.5. The molecule has 1 aromatic carbocycles. The van der Waals surface area contributed by atoms with E-state index in [1.165, 1.54) is 38.5 Å². The number of rotatable bonds is 11. The van der Waals surface area contributed by atoms with Gasteiger partial charge in [-0.2, -0.15) is 0 Å². The highest BCUT2D eigenvalue weighted by atomic mass is 16.6. The van der Waals surface area contributed by atoms with E-state index in [4.69, 9.17) is 4.74 Å². The molecule has 0 radical (unpaired) electrons. The summed E-state index contributed by atoms with van der Waals surface area (Å²) < 4.78 is 5.30. The third-order valence-electron chi connectivity index (χ3n) is 3.82. The highest BCUT2D eigenvalue weighted by Crippen LogP contribution is 2.13. The van der Waals surface area contributed by atoms with E-state index in [0.29, 0.717) is 5.75 Å². The van der Waals surface area contributed by atoms with Gasteiger partial charge < -0.3 is 10.1 Å². The average molecular weight is 305 g/mol. The van der Waals surface area contributed by atoms with Crippen LogP contribution in [0.15, 0.2) is 30.3 Å². The average Bonchev–Trinajstić information content (AvgIpc) is 2.51. The van der Waals surface area contributed by atoms with Crippen molar-refractivity contribution in [2.45, 2.75) is 77.7 Å². The molecule has 124 valence electrons. The van der Waals surface area contributed by atoms with Crippen molar-refractivity contribution < 1.29 is 9.53 Å². The molecule has 0 spiro atoms. The van der Waals surface area contributed by atoms with Crippen molar-refractivity contribution in [1.82, 2.24) is 5.32 Å². The first-order valence-corrected chi connectivity index (χ1v) is 8.79. The summed E-state index contributed by atoms with van der Waals surface area (Å²) >= 11 is 0. The number of para-hydroxylation sites is 1. The Bertz CT molecular complexity index is 392. The molecule has 0 fully saturated rings. The van der Waals surface area contributed by atoms with E-state index in [1.807, 2.05) is 18.2 Å². The van der Waals surface area contributed by atoms with Gasteiger partial charge in [0.1, 0.15) is 5.75 Å². The Labute approximate surface area is 135 Å². The summed E-state index contributed by atoms with van der Waals surface area (Å²) in [4.78, 5) is 11.9. The maximum absolute atomic E-state index is 11.9. The number of carbonyl (C=O) groups is 1. The van der Waals surface area contributed by atoms with E-state index < -0.39 is 0 Å². The lowest BCUT2D eigenvalue weighted by Gasteiger charge is -2.17. The molecule has 1 aromatic rings.